The van der Waals surface area contributed by atoms with Crippen LogP contribution in [0.1, 0.15) is 31.4 Å². The van der Waals surface area contributed by atoms with Crippen LogP contribution in [0.5, 0.6) is 0 Å². The predicted molar refractivity (Wildman–Crippen MR) is 85.5 cm³/mol. The van der Waals surface area contributed by atoms with Crippen molar-refractivity contribution in [2.24, 2.45) is 11.8 Å². The van der Waals surface area contributed by atoms with Gasteiger partial charge in [-0.2, -0.15) is 0 Å². The summed E-state index contributed by atoms with van der Waals surface area (Å²) in [6.45, 7) is 0.920. The van der Waals surface area contributed by atoms with E-state index in [-0.39, 0.29) is 0 Å². The highest BCUT2D eigenvalue weighted by atomic mass is 32.1. The van der Waals surface area contributed by atoms with Gasteiger partial charge in [0, 0.05) is 37.9 Å². The van der Waals surface area contributed by atoms with E-state index in [0.717, 1.165) is 35.6 Å². The Morgan fingerprint density at radius 3 is 2.95 bits per heavy atom. The molecule has 0 unspecified atom stereocenters. The van der Waals surface area contributed by atoms with Crippen LogP contribution in [0, 0.1) is 11.8 Å². The van der Waals surface area contributed by atoms with E-state index in [1.807, 2.05) is 18.3 Å². The molecule has 3 rings (SSSR count). The van der Waals surface area contributed by atoms with Crippen LogP contribution >= 0.6 is 12.2 Å². The lowest BCUT2D eigenvalue weighted by molar-refractivity contribution is 0.374. The highest BCUT2D eigenvalue weighted by Crippen LogP contribution is 2.44. The molecule has 2 saturated carbocycles. The van der Waals surface area contributed by atoms with Gasteiger partial charge in [0.25, 0.3) is 0 Å². The van der Waals surface area contributed by atoms with Gasteiger partial charge in [0.15, 0.2) is 5.11 Å². The third-order valence-corrected chi connectivity index (χ3v) is 5.25. The van der Waals surface area contributed by atoms with Crippen molar-refractivity contribution in [1.29, 1.82) is 0 Å². The largest absolute Gasteiger partial charge is 0.360 e. The Labute approximate surface area is 126 Å². The van der Waals surface area contributed by atoms with Gasteiger partial charge >= 0.3 is 0 Å². The van der Waals surface area contributed by atoms with E-state index >= 15 is 0 Å². The Hall–Kier alpha value is -1.16. The molecule has 108 valence electrons. The molecule has 4 heteroatoms. The van der Waals surface area contributed by atoms with Gasteiger partial charge in [-0.25, -0.2) is 0 Å². The van der Waals surface area contributed by atoms with Crippen molar-refractivity contribution in [2.45, 2.75) is 38.1 Å². The lowest BCUT2D eigenvalue weighted by Crippen LogP contribution is -2.45. The molecule has 2 bridgehead atoms. The summed E-state index contributed by atoms with van der Waals surface area (Å²) in [5.41, 5.74) is 1.13. The number of aromatic nitrogens is 1. The van der Waals surface area contributed by atoms with E-state index in [1.54, 1.807) is 0 Å². The fourth-order valence-corrected chi connectivity index (χ4v) is 3.86. The number of hydrogen-bond donors (Lipinski definition) is 1. The summed E-state index contributed by atoms with van der Waals surface area (Å²) >= 11 is 5.54. The van der Waals surface area contributed by atoms with Crippen LogP contribution in [0.2, 0.25) is 0 Å². The van der Waals surface area contributed by atoms with Crippen LogP contribution in [0.4, 0.5) is 0 Å². The molecule has 2 aliphatic carbocycles. The molecular weight excluding hydrogens is 266 g/mol. The molecule has 0 saturated heterocycles. The van der Waals surface area contributed by atoms with E-state index in [0.29, 0.717) is 6.04 Å². The summed E-state index contributed by atoms with van der Waals surface area (Å²) in [5, 5.41) is 4.48. The topological polar surface area (TPSA) is 28.2 Å². The van der Waals surface area contributed by atoms with Gasteiger partial charge in [-0.1, -0.05) is 12.5 Å². The van der Waals surface area contributed by atoms with Gasteiger partial charge in [0.05, 0.1) is 0 Å². The highest BCUT2D eigenvalue weighted by Gasteiger charge is 2.39. The molecule has 1 N–H and O–H groups in total. The number of nitrogens with zero attached hydrogens (tertiary/aromatic N) is 2. The average molecular weight is 289 g/mol. The number of fused-ring (bicyclic) bond motifs is 2. The first kappa shape index (κ1) is 13.8. The van der Waals surface area contributed by atoms with Gasteiger partial charge < -0.3 is 10.2 Å². The van der Waals surface area contributed by atoms with Crippen molar-refractivity contribution in [3.05, 3.63) is 30.1 Å². The van der Waals surface area contributed by atoms with Crippen LogP contribution in [-0.4, -0.2) is 34.6 Å². The second-order valence-corrected chi connectivity index (χ2v) is 6.61. The maximum absolute atomic E-state index is 5.54. The van der Waals surface area contributed by atoms with E-state index in [4.69, 9.17) is 12.2 Å². The molecule has 0 aromatic carbocycles. The number of hydrogen-bond acceptors (Lipinski definition) is 2. The summed E-state index contributed by atoms with van der Waals surface area (Å²) < 4.78 is 0. The minimum atomic E-state index is 0.624. The van der Waals surface area contributed by atoms with Crippen LogP contribution in [0.15, 0.2) is 24.4 Å². The summed E-state index contributed by atoms with van der Waals surface area (Å²) in [7, 11) is 2.07. The molecule has 1 aromatic rings. The summed E-state index contributed by atoms with van der Waals surface area (Å²) in [6.07, 6.45) is 8.35. The molecule has 1 aromatic heterocycles. The standard InChI is InChI=1S/C16H23N3S/c1-19(9-7-14-4-2-3-8-17-14)16(20)18-15-11-12-5-6-13(15)10-12/h2-4,8,12-13,15H,5-7,9-11H2,1H3,(H,18,20)/t12-,13+,15-/m0/s1. The molecular formula is C16H23N3S. The van der Waals surface area contributed by atoms with Crippen molar-refractivity contribution in [1.82, 2.24) is 15.2 Å². The Morgan fingerprint density at radius 1 is 1.40 bits per heavy atom. The van der Waals surface area contributed by atoms with Crippen molar-refractivity contribution in [3.63, 3.8) is 0 Å². The maximum Gasteiger partial charge on any atom is 0.168 e. The number of thiocarbonyl (C=S) groups is 1. The molecule has 3 atom stereocenters. The van der Waals surface area contributed by atoms with E-state index in [2.05, 4.69) is 28.3 Å². The molecule has 0 radical (unpaired) electrons. The number of likely N-dealkylation sites (N-methyl/N-ethyl adjacent to an activating group) is 1. The molecule has 0 aliphatic heterocycles. The first-order chi connectivity index (χ1) is 9.72. The van der Waals surface area contributed by atoms with Crippen molar-refractivity contribution in [3.8, 4) is 0 Å². The first-order valence-electron chi connectivity index (χ1n) is 7.64. The Morgan fingerprint density at radius 2 is 2.30 bits per heavy atom. The zero-order chi connectivity index (χ0) is 13.9. The zero-order valence-electron chi connectivity index (χ0n) is 12.1. The summed E-state index contributed by atoms with van der Waals surface area (Å²) in [6, 6.07) is 6.68. The first-order valence-corrected chi connectivity index (χ1v) is 8.04. The highest BCUT2D eigenvalue weighted by molar-refractivity contribution is 7.80. The lowest BCUT2D eigenvalue weighted by atomic mass is 9.95. The summed E-state index contributed by atoms with van der Waals surface area (Å²) in [5.74, 6) is 1.82. The number of rotatable bonds is 4. The Bertz CT molecular complexity index is 462. The molecule has 1 heterocycles. The third kappa shape index (κ3) is 3.11. The van der Waals surface area contributed by atoms with E-state index < -0.39 is 0 Å². The second-order valence-electron chi connectivity index (χ2n) is 6.22. The monoisotopic (exact) mass is 289 g/mol. The summed E-state index contributed by atoms with van der Waals surface area (Å²) in [4.78, 5) is 6.50. The molecule has 0 spiro atoms. The Kier molecular flexibility index (Phi) is 4.20. The Balaban J connectivity index is 1.45. The fourth-order valence-electron chi connectivity index (χ4n) is 3.62. The molecule has 2 aliphatic rings. The predicted octanol–water partition coefficient (Wildman–Crippen LogP) is 2.62. The van der Waals surface area contributed by atoms with E-state index in [9.17, 15) is 0 Å². The van der Waals surface area contributed by atoms with Gasteiger partial charge in [-0.05, 0) is 55.4 Å². The molecule has 2 fully saturated rings. The van der Waals surface area contributed by atoms with Crippen molar-refractivity contribution < 1.29 is 0 Å². The fraction of sp³-hybridized carbons (Fsp3) is 0.625. The van der Waals surface area contributed by atoms with Gasteiger partial charge in [0.1, 0.15) is 0 Å². The normalized spacial score (nSPS) is 27.6. The van der Waals surface area contributed by atoms with Gasteiger partial charge in [0.2, 0.25) is 0 Å². The second kappa shape index (κ2) is 6.08. The lowest BCUT2D eigenvalue weighted by Gasteiger charge is -2.28. The number of nitrogens with one attached hydrogen (secondary N) is 1. The average Bonchev–Trinajstić information content (AvgIpc) is 3.08. The SMILES string of the molecule is CN(CCc1ccccn1)C(=S)N[C@H]1C[C@H]2CC[C@@H]1C2. The number of pyridine rings is 1. The molecule has 0 amide bonds. The van der Waals surface area contributed by atoms with Crippen molar-refractivity contribution in [2.75, 3.05) is 13.6 Å². The molecule has 3 nitrogen and oxygen atoms in total. The van der Waals surface area contributed by atoms with Crippen LogP contribution in [0.3, 0.4) is 0 Å². The van der Waals surface area contributed by atoms with Crippen LogP contribution in [0.25, 0.3) is 0 Å². The smallest absolute Gasteiger partial charge is 0.168 e. The minimum Gasteiger partial charge on any atom is -0.360 e. The van der Waals surface area contributed by atoms with Crippen molar-refractivity contribution >= 4 is 17.3 Å². The quantitative estimate of drug-likeness (QED) is 0.863. The van der Waals surface area contributed by atoms with Gasteiger partial charge in [-0.15, -0.1) is 0 Å². The van der Waals surface area contributed by atoms with Crippen LogP contribution < -0.4 is 5.32 Å². The molecule has 20 heavy (non-hydrogen) atoms. The third-order valence-electron chi connectivity index (χ3n) is 4.82. The minimum absolute atomic E-state index is 0.624. The maximum atomic E-state index is 5.54. The zero-order valence-corrected chi connectivity index (χ0v) is 12.9. The van der Waals surface area contributed by atoms with E-state index in [1.165, 1.54) is 25.7 Å². The van der Waals surface area contributed by atoms with Gasteiger partial charge in [-0.3, -0.25) is 4.98 Å². The van der Waals surface area contributed by atoms with Crippen LogP contribution in [-0.2, 0) is 6.42 Å².